The predicted octanol–water partition coefficient (Wildman–Crippen LogP) is 7.19. The van der Waals surface area contributed by atoms with Gasteiger partial charge in [-0.2, -0.15) is 0 Å². The van der Waals surface area contributed by atoms with Crippen molar-refractivity contribution in [2.24, 2.45) is 11.8 Å². The molecule has 3 aliphatic rings. The molecule has 0 unspecified atom stereocenters. The zero-order chi connectivity index (χ0) is 29.0. The van der Waals surface area contributed by atoms with Crippen LogP contribution in [0.4, 0.5) is 0 Å². The summed E-state index contributed by atoms with van der Waals surface area (Å²) in [6, 6.07) is 3.19. The number of aliphatic hydroxyl groups is 1. The summed E-state index contributed by atoms with van der Waals surface area (Å²) in [5.74, 6) is -0.559. The van der Waals surface area contributed by atoms with Crippen LogP contribution in [0.3, 0.4) is 0 Å². The molecule has 6 nitrogen and oxygen atoms in total. The van der Waals surface area contributed by atoms with Crippen LogP contribution in [0.25, 0.3) is 5.57 Å². The van der Waals surface area contributed by atoms with E-state index in [4.69, 9.17) is 14.2 Å². The summed E-state index contributed by atoms with van der Waals surface area (Å²) in [7, 11) is 0. The molecule has 1 spiro atoms. The van der Waals surface area contributed by atoms with Gasteiger partial charge in [0.1, 0.15) is 11.9 Å². The van der Waals surface area contributed by atoms with E-state index < -0.39 is 17.9 Å². The predicted molar refractivity (Wildman–Crippen MR) is 158 cm³/mol. The molecule has 0 amide bonds. The molecule has 2 fully saturated rings. The van der Waals surface area contributed by atoms with Crippen molar-refractivity contribution in [3.8, 4) is 5.75 Å². The maximum Gasteiger partial charge on any atom is 0.339 e. The third-order valence-electron chi connectivity index (χ3n) is 8.65. The van der Waals surface area contributed by atoms with Crippen LogP contribution in [0.5, 0.6) is 5.75 Å². The van der Waals surface area contributed by atoms with Crippen molar-refractivity contribution < 1.29 is 29.2 Å². The van der Waals surface area contributed by atoms with Gasteiger partial charge in [-0.05, 0) is 93.2 Å². The number of phenolic OH excluding ortho intramolecular Hbond substituents is 1. The first-order valence-electron chi connectivity index (χ1n) is 14.7. The molecule has 2 saturated heterocycles. The van der Waals surface area contributed by atoms with Crippen LogP contribution in [0, 0.1) is 18.8 Å². The Morgan fingerprint density at radius 2 is 1.93 bits per heavy atom. The van der Waals surface area contributed by atoms with Gasteiger partial charge in [0, 0.05) is 19.3 Å². The number of ether oxygens (including phenoxy) is 3. The van der Waals surface area contributed by atoms with Crippen molar-refractivity contribution in [2.45, 2.75) is 104 Å². The highest BCUT2D eigenvalue weighted by Gasteiger charge is 2.48. The highest BCUT2D eigenvalue weighted by Crippen LogP contribution is 2.44. The van der Waals surface area contributed by atoms with Gasteiger partial charge in [0.2, 0.25) is 0 Å². The number of aryl methyl sites for hydroxylation is 1. The van der Waals surface area contributed by atoms with Crippen LogP contribution in [0.1, 0.15) is 94.6 Å². The molecular formula is C34H46O6. The average Bonchev–Trinajstić information content (AvgIpc) is 2.91. The molecule has 3 heterocycles. The number of phenols is 1. The maximum absolute atomic E-state index is 13.7. The number of hydrogen-bond donors (Lipinski definition) is 2. The second-order valence-corrected chi connectivity index (χ2v) is 12.1. The first-order chi connectivity index (χ1) is 19.0. The van der Waals surface area contributed by atoms with Crippen LogP contribution >= 0.6 is 0 Å². The highest BCUT2D eigenvalue weighted by atomic mass is 16.7. The first kappa shape index (κ1) is 30.3. The summed E-state index contributed by atoms with van der Waals surface area (Å²) < 4.78 is 19.7. The van der Waals surface area contributed by atoms with Crippen LogP contribution in [-0.2, 0) is 14.2 Å². The third-order valence-corrected chi connectivity index (χ3v) is 8.65. The Labute approximate surface area is 239 Å². The summed E-state index contributed by atoms with van der Waals surface area (Å²) >= 11 is 0. The van der Waals surface area contributed by atoms with Gasteiger partial charge in [-0.15, -0.1) is 0 Å². The molecule has 3 aliphatic heterocycles. The molecule has 0 aromatic heterocycles. The average molecular weight is 551 g/mol. The molecule has 4 rings (SSSR count). The lowest BCUT2D eigenvalue weighted by Crippen LogP contribution is -2.54. The van der Waals surface area contributed by atoms with E-state index in [1.54, 1.807) is 19.1 Å². The SMILES string of the molecule is C/C=C(\C)[C@H]1O[C@]2(CC[C@@H]1C)C[C@@H]1C[C@@H](C/C=C(/C)C[C@@H](C)/C=C\C=C(\CO)c3cc(O)c(C)cc3C(=O)O1)O2. The molecule has 2 N–H and O–H groups in total. The lowest BCUT2D eigenvalue weighted by molar-refractivity contribution is -0.328. The molecular weight excluding hydrogens is 504 g/mol. The summed E-state index contributed by atoms with van der Waals surface area (Å²) in [5, 5.41) is 20.7. The number of aliphatic hydroxyl groups excluding tert-OH is 1. The normalized spacial score (nSPS) is 35.6. The van der Waals surface area contributed by atoms with E-state index in [9.17, 15) is 15.0 Å². The number of esters is 1. The van der Waals surface area contributed by atoms with Crippen molar-refractivity contribution in [3.63, 3.8) is 0 Å². The Balaban J connectivity index is 1.75. The van der Waals surface area contributed by atoms with E-state index in [0.29, 0.717) is 41.0 Å². The second kappa shape index (κ2) is 12.9. The van der Waals surface area contributed by atoms with Gasteiger partial charge < -0.3 is 24.4 Å². The smallest absolute Gasteiger partial charge is 0.339 e. The fraction of sp³-hybridized carbons (Fsp3) is 0.559. The highest BCUT2D eigenvalue weighted by molar-refractivity contribution is 5.96. The monoisotopic (exact) mass is 550 g/mol. The van der Waals surface area contributed by atoms with Crippen LogP contribution < -0.4 is 0 Å². The number of carbonyl (C=O) groups excluding carboxylic acids is 1. The lowest BCUT2D eigenvalue weighted by Gasteiger charge is -2.49. The summed E-state index contributed by atoms with van der Waals surface area (Å²) in [6.07, 6.45) is 14.0. The topological polar surface area (TPSA) is 85.2 Å². The Bertz CT molecular complexity index is 1210. The molecule has 1 aromatic rings. The minimum Gasteiger partial charge on any atom is -0.508 e. The Morgan fingerprint density at radius 3 is 2.65 bits per heavy atom. The fourth-order valence-electron chi connectivity index (χ4n) is 6.23. The molecule has 2 bridgehead atoms. The van der Waals surface area contributed by atoms with Gasteiger partial charge in [0.05, 0.1) is 24.4 Å². The third kappa shape index (κ3) is 6.96. The number of carbonyl (C=O) groups is 1. The molecule has 40 heavy (non-hydrogen) atoms. The largest absolute Gasteiger partial charge is 0.508 e. The van der Waals surface area contributed by atoms with E-state index in [2.05, 4.69) is 45.9 Å². The second-order valence-electron chi connectivity index (χ2n) is 12.1. The van der Waals surface area contributed by atoms with Crippen molar-refractivity contribution in [1.29, 1.82) is 0 Å². The van der Waals surface area contributed by atoms with Crippen molar-refractivity contribution in [1.82, 2.24) is 0 Å². The molecule has 0 saturated carbocycles. The van der Waals surface area contributed by atoms with Gasteiger partial charge in [-0.1, -0.05) is 49.8 Å². The standard InChI is InChI=1S/C34H46O6/c1-7-23(4)32-24(5)13-14-34(40-32)19-28-17-27(39-34)12-11-22(3)15-21(2)9-8-10-26(20-35)29-18-31(36)25(6)16-30(29)33(37)38-28/h7-11,16,18,21,24,27-28,32,35-36H,12-15,17,19-20H2,1-6H3/b9-8-,22-11-,23-7+,26-10-/t21-,24-,27+,28-,32+,34+/m0/s1. The van der Waals surface area contributed by atoms with E-state index in [1.165, 1.54) is 11.1 Å². The number of allylic oxidation sites excluding steroid dienone is 5. The lowest BCUT2D eigenvalue weighted by atomic mass is 9.84. The van der Waals surface area contributed by atoms with E-state index >= 15 is 0 Å². The first-order valence-corrected chi connectivity index (χ1v) is 14.7. The Hall–Kier alpha value is -2.67. The zero-order valence-corrected chi connectivity index (χ0v) is 24.9. The van der Waals surface area contributed by atoms with Crippen LogP contribution in [-0.4, -0.2) is 46.9 Å². The molecule has 0 radical (unpaired) electrons. The van der Waals surface area contributed by atoms with Gasteiger partial charge in [-0.25, -0.2) is 4.79 Å². The number of aromatic hydroxyl groups is 1. The van der Waals surface area contributed by atoms with Gasteiger partial charge >= 0.3 is 5.97 Å². The van der Waals surface area contributed by atoms with Gasteiger partial charge in [-0.3, -0.25) is 0 Å². The molecule has 1 aromatic carbocycles. The van der Waals surface area contributed by atoms with E-state index in [0.717, 1.165) is 25.7 Å². The van der Waals surface area contributed by atoms with E-state index in [-0.39, 0.29) is 30.5 Å². The number of fused-ring (bicyclic) bond motifs is 3. The zero-order valence-electron chi connectivity index (χ0n) is 24.9. The van der Waals surface area contributed by atoms with Gasteiger partial charge in [0.15, 0.2) is 5.79 Å². The van der Waals surface area contributed by atoms with Crippen molar-refractivity contribution >= 4 is 11.5 Å². The summed E-state index contributed by atoms with van der Waals surface area (Å²) in [5.41, 5.74) is 4.38. The van der Waals surface area contributed by atoms with Crippen LogP contribution in [0.2, 0.25) is 0 Å². The van der Waals surface area contributed by atoms with Crippen molar-refractivity contribution in [3.05, 3.63) is 70.3 Å². The van der Waals surface area contributed by atoms with Gasteiger partial charge in [0.25, 0.3) is 0 Å². The summed E-state index contributed by atoms with van der Waals surface area (Å²) in [4.78, 5) is 13.7. The minimum absolute atomic E-state index is 0.0415. The van der Waals surface area contributed by atoms with Crippen LogP contribution in [0.15, 0.2) is 53.7 Å². The van der Waals surface area contributed by atoms with E-state index in [1.807, 2.05) is 19.1 Å². The molecule has 6 heteroatoms. The molecule has 6 atom stereocenters. The number of rotatable bonds is 2. The fourth-order valence-corrected chi connectivity index (χ4v) is 6.23. The molecule has 0 aliphatic carbocycles. The number of hydrogen-bond acceptors (Lipinski definition) is 6. The summed E-state index contributed by atoms with van der Waals surface area (Å²) in [6.45, 7) is 12.1. The maximum atomic E-state index is 13.7. The Morgan fingerprint density at radius 1 is 1.15 bits per heavy atom. The minimum atomic E-state index is -0.817. The number of benzene rings is 1. The Kier molecular flexibility index (Phi) is 9.76. The molecule has 218 valence electrons. The quantitative estimate of drug-likeness (QED) is 0.299. The van der Waals surface area contributed by atoms with Crippen molar-refractivity contribution in [2.75, 3.05) is 6.61 Å².